The van der Waals surface area contributed by atoms with E-state index in [1.54, 1.807) is 6.92 Å². The number of phenolic OH excluding ortho intramolecular Hbond substituents is 1. The first-order chi connectivity index (χ1) is 16.9. The van der Waals surface area contributed by atoms with Crippen LogP contribution >= 0.6 is 23.2 Å². The van der Waals surface area contributed by atoms with E-state index in [9.17, 15) is 9.90 Å². The largest absolute Gasteiger partial charge is 0.504 e. The molecule has 2 aromatic rings. The van der Waals surface area contributed by atoms with Crippen LogP contribution in [0.15, 0.2) is 30.3 Å². The van der Waals surface area contributed by atoms with Crippen molar-refractivity contribution in [1.29, 1.82) is 0 Å². The van der Waals surface area contributed by atoms with Crippen molar-refractivity contribution in [1.82, 2.24) is 0 Å². The van der Waals surface area contributed by atoms with Crippen molar-refractivity contribution in [2.24, 2.45) is 0 Å². The molecule has 0 unspecified atom stereocenters. The normalized spacial score (nSPS) is 11.0. The summed E-state index contributed by atoms with van der Waals surface area (Å²) in [6.07, 6.45) is 15.9. The van der Waals surface area contributed by atoms with Crippen LogP contribution < -0.4 is 10.1 Å². The SMILES string of the molecule is CCCCCCCCCCCCCc1cccc(OCCC(=O)Nc2cc(Cl)c(C)c(Cl)c2O)c1. The molecule has 35 heavy (non-hydrogen) atoms. The third-order valence-electron chi connectivity index (χ3n) is 6.26. The number of benzene rings is 2. The summed E-state index contributed by atoms with van der Waals surface area (Å²) < 4.78 is 5.78. The Hall–Kier alpha value is -1.91. The second-order valence-corrected chi connectivity index (χ2v) is 10.1. The van der Waals surface area contributed by atoms with Gasteiger partial charge in [-0.25, -0.2) is 0 Å². The Kier molecular flexibility index (Phi) is 14.0. The molecule has 0 spiro atoms. The van der Waals surface area contributed by atoms with Gasteiger partial charge in [-0.15, -0.1) is 0 Å². The third-order valence-corrected chi connectivity index (χ3v) is 7.12. The minimum absolute atomic E-state index is 0.138. The van der Waals surface area contributed by atoms with Gasteiger partial charge in [-0.05, 0) is 49.1 Å². The monoisotopic (exact) mass is 521 g/mol. The highest BCUT2D eigenvalue weighted by molar-refractivity contribution is 6.37. The van der Waals surface area contributed by atoms with Gasteiger partial charge < -0.3 is 15.2 Å². The molecule has 0 saturated heterocycles. The van der Waals surface area contributed by atoms with Crippen LogP contribution in [-0.4, -0.2) is 17.6 Å². The minimum Gasteiger partial charge on any atom is -0.504 e. The Morgan fingerprint density at radius 2 is 1.57 bits per heavy atom. The highest BCUT2D eigenvalue weighted by Crippen LogP contribution is 2.38. The van der Waals surface area contributed by atoms with Crippen molar-refractivity contribution < 1.29 is 14.6 Å². The van der Waals surface area contributed by atoms with Crippen molar-refractivity contribution in [3.63, 3.8) is 0 Å². The van der Waals surface area contributed by atoms with Crippen molar-refractivity contribution in [3.8, 4) is 11.5 Å². The van der Waals surface area contributed by atoms with E-state index in [2.05, 4.69) is 24.4 Å². The van der Waals surface area contributed by atoms with Crippen LogP contribution in [0.5, 0.6) is 11.5 Å². The topological polar surface area (TPSA) is 58.6 Å². The van der Waals surface area contributed by atoms with E-state index in [0.717, 1.165) is 12.2 Å². The number of hydrogen-bond donors (Lipinski definition) is 2. The number of carbonyl (C=O) groups is 1. The maximum Gasteiger partial charge on any atom is 0.227 e. The van der Waals surface area contributed by atoms with E-state index in [1.165, 1.54) is 82.3 Å². The van der Waals surface area contributed by atoms with Crippen LogP contribution in [0.1, 0.15) is 95.1 Å². The van der Waals surface area contributed by atoms with Gasteiger partial charge in [0.15, 0.2) is 5.75 Å². The van der Waals surface area contributed by atoms with Crippen molar-refractivity contribution in [3.05, 3.63) is 51.5 Å². The van der Waals surface area contributed by atoms with Gasteiger partial charge in [-0.1, -0.05) is 106 Å². The summed E-state index contributed by atoms with van der Waals surface area (Å²) in [4.78, 5) is 12.3. The Bertz CT molecular complexity index is 917. The highest BCUT2D eigenvalue weighted by atomic mass is 35.5. The number of ether oxygens (including phenoxy) is 1. The molecule has 6 heteroatoms. The van der Waals surface area contributed by atoms with Gasteiger partial charge in [-0.3, -0.25) is 4.79 Å². The molecule has 0 aliphatic carbocycles. The molecule has 0 aliphatic heterocycles. The van der Waals surface area contributed by atoms with Crippen LogP contribution in [-0.2, 0) is 11.2 Å². The Morgan fingerprint density at radius 3 is 2.23 bits per heavy atom. The molecule has 0 aromatic heterocycles. The van der Waals surface area contributed by atoms with Crippen LogP contribution in [0.4, 0.5) is 5.69 Å². The lowest BCUT2D eigenvalue weighted by Gasteiger charge is -2.12. The number of halogens is 2. The van der Waals surface area contributed by atoms with Crippen molar-refractivity contribution in [2.45, 2.75) is 97.3 Å². The standard InChI is InChI=1S/C29H41Cl2NO3/c1-3-4-5-6-7-8-9-10-11-12-13-15-23-16-14-17-24(20-23)35-19-18-27(33)32-26-21-25(30)22(2)28(31)29(26)34/h14,16-17,20-21,34H,3-13,15,18-19H2,1-2H3,(H,32,33). The molecule has 0 radical (unpaired) electrons. The van der Waals surface area contributed by atoms with Crippen LogP contribution in [0, 0.1) is 6.92 Å². The summed E-state index contributed by atoms with van der Waals surface area (Å²) in [5.41, 5.74) is 2.03. The van der Waals surface area contributed by atoms with Gasteiger partial charge in [0.2, 0.25) is 5.91 Å². The smallest absolute Gasteiger partial charge is 0.227 e. The van der Waals surface area contributed by atoms with Gasteiger partial charge in [0.25, 0.3) is 0 Å². The van der Waals surface area contributed by atoms with Crippen LogP contribution in [0.25, 0.3) is 0 Å². The maximum atomic E-state index is 12.3. The van der Waals surface area contributed by atoms with Crippen LogP contribution in [0.3, 0.4) is 0 Å². The van der Waals surface area contributed by atoms with Gasteiger partial charge in [-0.2, -0.15) is 0 Å². The number of aryl methyl sites for hydroxylation is 1. The Morgan fingerprint density at radius 1 is 0.943 bits per heavy atom. The van der Waals surface area contributed by atoms with E-state index in [-0.39, 0.29) is 35.4 Å². The number of anilines is 1. The van der Waals surface area contributed by atoms with Crippen molar-refractivity contribution in [2.75, 3.05) is 11.9 Å². The van der Waals surface area contributed by atoms with Gasteiger partial charge in [0.1, 0.15) is 5.75 Å². The fourth-order valence-electron chi connectivity index (χ4n) is 4.06. The number of phenols is 1. The number of aromatic hydroxyl groups is 1. The summed E-state index contributed by atoms with van der Waals surface area (Å²) in [6.45, 7) is 4.21. The first-order valence-corrected chi connectivity index (χ1v) is 13.9. The van der Waals surface area contributed by atoms with Crippen molar-refractivity contribution >= 4 is 34.8 Å². The average Bonchev–Trinajstić information content (AvgIpc) is 2.85. The molecule has 0 bridgehead atoms. The molecule has 4 nitrogen and oxygen atoms in total. The van der Waals surface area contributed by atoms with Gasteiger partial charge in [0, 0.05) is 5.02 Å². The first-order valence-electron chi connectivity index (χ1n) is 13.1. The molecule has 2 N–H and O–H groups in total. The number of amides is 1. The van der Waals surface area contributed by atoms with E-state index in [1.807, 2.05) is 12.1 Å². The summed E-state index contributed by atoms with van der Waals surface area (Å²) in [7, 11) is 0. The fourth-order valence-corrected chi connectivity index (χ4v) is 4.51. The molecule has 194 valence electrons. The number of rotatable bonds is 17. The molecule has 2 aromatic carbocycles. The lowest BCUT2D eigenvalue weighted by Crippen LogP contribution is -2.15. The van der Waals surface area contributed by atoms with E-state index >= 15 is 0 Å². The minimum atomic E-state index is -0.284. The molecular formula is C29H41Cl2NO3. The Labute approximate surface area is 221 Å². The summed E-state index contributed by atoms with van der Waals surface area (Å²) in [6, 6.07) is 9.59. The zero-order valence-electron chi connectivity index (χ0n) is 21.3. The van der Waals surface area contributed by atoms with E-state index < -0.39 is 0 Å². The van der Waals surface area contributed by atoms with Crippen LogP contribution in [0.2, 0.25) is 10.0 Å². The third kappa shape index (κ3) is 11.1. The number of hydrogen-bond acceptors (Lipinski definition) is 3. The average molecular weight is 523 g/mol. The quantitative estimate of drug-likeness (QED) is 0.161. The zero-order chi connectivity index (χ0) is 25.5. The molecule has 2 rings (SSSR count). The van der Waals surface area contributed by atoms with E-state index in [4.69, 9.17) is 27.9 Å². The lowest BCUT2D eigenvalue weighted by atomic mass is 10.0. The Balaban J connectivity index is 1.62. The predicted octanol–water partition coefficient (Wildman–Crippen LogP) is 9.27. The molecule has 0 saturated carbocycles. The number of carbonyl (C=O) groups excluding carboxylic acids is 1. The summed E-state index contributed by atoms with van der Waals surface area (Å²) in [5, 5.41) is 13.3. The second-order valence-electron chi connectivity index (χ2n) is 9.27. The number of nitrogens with one attached hydrogen (secondary N) is 1. The molecule has 0 fully saturated rings. The number of unbranched alkanes of at least 4 members (excludes halogenated alkanes) is 10. The molecule has 0 aliphatic rings. The van der Waals surface area contributed by atoms with E-state index in [0.29, 0.717) is 10.6 Å². The zero-order valence-corrected chi connectivity index (χ0v) is 22.8. The fraction of sp³-hybridized carbons (Fsp3) is 0.552. The van der Waals surface area contributed by atoms with Gasteiger partial charge in [0.05, 0.1) is 23.7 Å². The summed E-state index contributed by atoms with van der Waals surface area (Å²) >= 11 is 12.1. The summed E-state index contributed by atoms with van der Waals surface area (Å²) in [5.74, 6) is 0.300. The first kappa shape index (κ1) is 29.3. The lowest BCUT2D eigenvalue weighted by molar-refractivity contribution is -0.116. The molecule has 1 amide bonds. The predicted molar refractivity (Wildman–Crippen MR) is 148 cm³/mol. The second kappa shape index (κ2) is 16.7. The molecule has 0 atom stereocenters. The maximum absolute atomic E-state index is 12.3. The van der Waals surface area contributed by atoms with Gasteiger partial charge >= 0.3 is 0 Å². The highest BCUT2D eigenvalue weighted by Gasteiger charge is 2.14. The molecular weight excluding hydrogens is 481 g/mol. The molecule has 0 heterocycles.